The van der Waals surface area contributed by atoms with Crippen LogP contribution in [-0.4, -0.2) is 55.1 Å². The molecule has 21 heavy (non-hydrogen) atoms. The molecule has 116 valence electrons. The Balaban J connectivity index is 1.89. The predicted octanol–water partition coefficient (Wildman–Crippen LogP) is 0.321. The van der Waals surface area contributed by atoms with Crippen LogP contribution in [-0.2, 0) is 14.8 Å². The number of sulfonamides is 1. The minimum Gasteiger partial charge on any atom is -0.464 e. The van der Waals surface area contributed by atoms with Crippen LogP contribution in [0.4, 0.5) is 0 Å². The molecule has 2 fully saturated rings. The number of thiazole rings is 1. The molecule has 0 aromatic carbocycles. The van der Waals surface area contributed by atoms with E-state index in [2.05, 4.69) is 9.72 Å². The number of rotatable bonds is 3. The Morgan fingerprint density at radius 2 is 2.24 bits per heavy atom. The Morgan fingerprint density at radius 3 is 2.90 bits per heavy atom. The fourth-order valence-corrected chi connectivity index (χ4v) is 5.96. The summed E-state index contributed by atoms with van der Waals surface area (Å²) in [7, 11) is -2.58. The van der Waals surface area contributed by atoms with Crippen LogP contribution in [0.3, 0.4) is 0 Å². The summed E-state index contributed by atoms with van der Waals surface area (Å²) in [5.41, 5.74) is 1.16. The minimum absolute atomic E-state index is 0.00530. The SMILES string of the molecule is COC(=O)c1ncsc1S(=O)(=O)N1CC2CCC(O)C2C1. The Morgan fingerprint density at radius 1 is 1.48 bits per heavy atom. The van der Waals surface area contributed by atoms with Crippen molar-refractivity contribution in [3.8, 4) is 0 Å². The molecule has 1 N–H and O–H groups in total. The highest BCUT2D eigenvalue weighted by Crippen LogP contribution is 2.40. The summed E-state index contributed by atoms with van der Waals surface area (Å²) in [6, 6.07) is 0. The molecule has 7 nitrogen and oxygen atoms in total. The third-order valence-corrected chi connectivity index (χ3v) is 7.45. The lowest BCUT2D eigenvalue weighted by atomic mass is 10.00. The number of carbonyl (C=O) groups is 1. The van der Waals surface area contributed by atoms with Crippen LogP contribution in [0, 0.1) is 11.8 Å². The smallest absolute Gasteiger partial charge is 0.358 e. The van der Waals surface area contributed by atoms with Crippen LogP contribution in [0.1, 0.15) is 23.3 Å². The number of esters is 1. The van der Waals surface area contributed by atoms with E-state index in [0.29, 0.717) is 13.1 Å². The Hall–Kier alpha value is -1.03. The lowest BCUT2D eigenvalue weighted by molar-refractivity contribution is 0.0590. The van der Waals surface area contributed by atoms with Crippen molar-refractivity contribution in [2.24, 2.45) is 11.8 Å². The van der Waals surface area contributed by atoms with Gasteiger partial charge in [-0.3, -0.25) is 0 Å². The molecular formula is C12H16N2O5S2. The molecule has 0 amide bonds. The Bertz CT molecular complexity index is 656. The average molecular weight is 332 g/mol. The number of fused-ring (bicyclic) bond motifs is 1. The monoisotopic (exact) mass is 332 g/mol. The molecule has 0 spiro atoms. The van der Waals surface area contributed by atoms with Gasteiger partial charge in [0.05, 0.1) is 18.7 Å². The van der Waals surface area contributed by atoms with Gasteiger partial charge in [-0.2, -0.15) is 4.31 Å². The first-order valence-corrected chi connectivity index (χ1v) is 8.97. The van der Waals surface area contributed by atoms with Crippen LogP contribution in [0.15, 0.2) is 9.72 Å². The third-order valence-electron chi connectivity index (χ3n) is 4.27. The molecule has 0 bridgehead atoms. The lowest BCUT2D eigenvalue weighted by Crippen LogP contribution is -2.31. The van der Waals surface area contributed by atoms with Crippen LogP contribution < -0.4 is 0 Å². The van der Waals surface area contributed by atoms with Crippen LogP contribution in [0.2, 0.25) is 0 Å². The Labute approximate surface area is 126 Å². The van der Waals surface area contributed by atoms with Gasteiger partial charge in [-0.15, -0.1) is 11.3 Å². The van der Waals surface area contributed by atoms with E-state index in [-0.39, 0.29) is 21.7 Å². The fraction of sp³-hybridized carbons (Fsp3) is 0.667. The molecule has 1 saturated heterocycles. The van der Waals surface area contributed by atoms with E-state index in [1.807, 2.05) is 0 Å². The first kappa shape index (κ1) is 14.9. The number of carbonyl (C=O) groups excluding carboxylic acids is 1. The number of methoxy groups -OCH3 is 1. The van der Waals surface area contributed by atoms with Gasteiger partial charge < -0.3 is 9.84 Å². The number of ether oxygens (including phenoxy) is 1. The van der Waals surface area contributed by atoms with E-state index in [4.69, 9.17) is 0 Å². The number of aromatic nitrogens is 1. The normalized spacial score (nSPS) is 29.5. The van der Waals surface area contributed by atoms with Crippen molar-refractivity contribution in [2.45, 2.75) is 23.2 Å². The molecule has 9 heteroatoms. The summed E-state index contributed by atoms with van der Waals surface area (Å²) in [6.45, 7) is 0.690. The van der Waals surface area contributed by atoms with Crippen molar-refractivity contribution >= 4 is 27.3 Å². The van der Waals surface area contributed by atoms with Gasteiger partial charge in [-0.25, -0.2) is 18.2 Å². The van der Waals surface area contributed by atoms with Crippen molar-refractivity contribution in [3.05, 3.63) is 11.2 Å². The molecule has 1 aliphatic heterocycles. The molecule has 3 unspecified atom stereocenters. The van der Waals surface area contributed by atoms with E-state index in [9.17, 15) is 18.3 Å². The van der Waals surface area contributed by atoms with E-state index >= 15 is 0 Å². The van der Waals surface area contributed by atoms with Gasteiger partial charge in [0, 0.05) is 19.0 Å². The summed E-state index contributed by atoms with van der Waals surface area (Å²) < 4.78 is 31.2. The second-order valence-corrected chi connectivity index (χ2v) is 8.36. The topological polar surface area (TPSA) is 96.8 Å². The fourth-order valence-electron chi connectivity index (χ4n) is 3.16. The molecule has 2 aliphatic rings. The second kappa shape index (κ2) is 5.31. The average Bonchev–Trinajstić information content (AvgIpc) is 3.14. The molecular weight excluding hydrogens is 316 g/mol. The number of hydrogen-bond acceptors (Lipinski definition) is 7. The van der Waals surface area contributed by atoms with Gasteiger partial charge in [0.15, 0.2) is 9.90 Å². The second-order valence-electron chi connectivity index (χ2n) is 5.37. The molecule has 0 radical (unpaired) electrons. The molecule has 2 heterocycles. The van der Waals surface area contributed by atoms with Gasteiger partial charge in [-0.05, 0) is 18.8 Å². The zero-order chi connectivity index (χ0) is 15.2. The maximum atomic E-state index is 12.7. The van der Waals surface area contributed by atoms with Gasteiger partial charge >= 0.3 is 5.97 Å². The molecule has 1 aromatic heterocycles. The van der Waals surface area contributed by atoms with Crippen molar-refractivity contribution in [1.82, 2.24) is 9.29 Å². The number of aliphatic hydroxyl groups is 1. The summed E-state index contributed by atoms with van der Waals surface area (Å²) in [5, 5.41) is 9.89. The van der Waals surface area contributed by atoms with Crippen molar-refractivity contribution in [3.63, 3.8) is 0 Å². The van der Waals surface area contributed by atoms with Crippen molar-refractivity contribution in [1.29, 1.82) is 0 Å². The van der Waals surface area contributed by atoms with Gasteiger partial charge in [0.2, 0.25) is 0 Å². The lowest BCUT2D eigenvalue weighted by Gasteiger charge is -2.17. The highest BCUT2D eigenvalue weighted by Gasteiger charge is 2.46. The highest BCUT2D eigenvalue weighted by molar-refractivity contribution is 7.91. The summed E-state index contributed by atoms with van der Waals surface area (Å²) in [5.74, 6) is -0.562. The van der Waals surface area contributed by atoms with Gasteiger partial charge in [0.1, 0.15) is 0 Å². The minimum atomic E-state index is -3.77. The van der Waals surface area contributed by atoms with Gasteiger partial charge in [-0.1, -0.05) is 0 Å². The molecule has 3 atom stereocenters. The molecule has 1 saturated carbocycles. The predicted molar refractivity (Wildman–Crippen MR) is 74.4 cm³/mol. The third kappa shape index (κ3) is 2.37. The van der Waals surface area contributed by atoms with Crippen molar-refractivity contribution < 1.29 is 23.1 Å². The maximum absolute atomic E-state index is 12.7. The highest BCUT2D eigenvalue weighted by atomic mass is 32.2. The largest absolute Gasteiger partial charge is 0.464 e. The maximum Gasteiger partial charge on any atom is 0.358 e. The van der Waals surface area contributed by atoms with E-state index in [1.54, 1.807) is 0 Å². The van der Waals surface area contributed by atoms with Crippen LogP contribution in [0.5, 0.6) is 0 Å². The van der Waals surface area contributed by atoms with E-state index in [1.165, 1.54) is 16.9 Å². The van der Waals surface area contributed by atoms with Crippen LogP contribution in [0.25, 0.3) is 0 Å². The standard InChI is InChI=1S/C12H16N2O5S2/c1-19-11(16)10-12(20-6-13-10)21(17,18)14-4-7-2-3-9(15)8(7)5-14/h6-9,15H,2-5H2,1H3. The summed E-state index contributed by atoms with van der Waals surface area (Å²) >= 11 is 0.912. The molecule has 1 aliphatic carbocycles. The molecule has 1 aromatic rings. The summed E-state index contributed by atoms with van der Waals surface area (Å²) in [4.78, 5) is 15.4. The van der Waals surface area contributed by atoms with E-state index < -0.39 is 22.1 Å². The quantitative estimate of drug-likeness (QED) is 0.801. The zero-order valence-electron chi connectivity index (χ0n) is 11.4. The Kier molecular flexibility index (Phi) is 3.76. The number of aliphatic hydroxyl groups excluding tert-OH is 1. The van der Waals surface area contributed by atoms with E-state index in [0.717, 1.165) is 24.2 Å². The van der Waals surface area contributed by atoms with Gasteiger partial charge in [0.25, 0.3) is 10.0 Å². The number of nitrogens with zero attached hydrogens (tertiary/aromatic N) is 2. The van der Waals surface area contributed by atoms with Crippen molar-refractivity contribution in [2.75, 3.05) is 20.2 Å². The zero-order valence-corrected chi connectivity index (χ0v) is 13.1. The first-order valence-electron chi connectivity index (χ1n) is 6.65. The summed E-state index contributed by atoms with van der Waals surface area (Å²) in [6.07, 6.45) is 1.14. The molecule has 3 rings (SSSR count). The first-order chi connectivity index (χ1) is 9.95. The van der Waals surface area contributed by atoms with Crippen LogP contribution >= 0.6 is 11.3 Å². The number of hydrogen-bond donors (Lipinski definition) is 1.